The van der Waals surface area contributed by atoms with Gasteiger partial charge in [-0.25, -0.2) is 8.78 Å². The monoisotopic (exact) mass is 704 g/mol. The standard InChI is InChI=1S/C35H50F2N6O7/c1-7-10-26(39-35(49)31(21(6)8-2)42-32(46)23-11-13-43(50)14-12-23)33(47)40-27(17-22-15-24(36)18-25(37)16-22)28(44)19-29(45)41-30(20(4)5)34(48)38-9-3/h11-16,18,20-21,26-28,30-31,44H,7-10,17,19H2,1-6H3,(H,38,48)(H,39,49)(H,40,47)(H,41,45)(H,42,46)/t21-,26-,27-,28-,30-,31-/m0/s1. The highest BCUT2D eigenvalue weighted by molar-refractivity contribution is 5.98. The number of likely N-dealkylation sites (N-methyl/N-ethyl adjacent to an activating group) is 1. The SMILES string of the molecule is CCC[C@H](NC(=O)[C@@H](NC(=O)c1cc[n+]([O-])cc1)[C@@H](C)CC)C(=O)N[C@@H](Cc1cc(F)cc(F)c1)[C@@H](O)CC(=O)N[C@H](C(=O)NCC)C(C)C. The third kappa shape index (κ3) is 13.0. The van der Waals surface area contributed by atoms with Gasteiger partial charge in [0.2, 0.25) is 23.6 Å². The molecule has 0 spiro atoms. The molecule has 5 amide bonds. The molecule has 0 saturated heterocycles. The van der Waals surface area contributed by atoms with Crippen LogP contribution < -0.4 is 31.3 Å². The lowest BCUT2D eigenvalue weighted by Crippen LogP contribution is -2.58. The third-order valence-electron chi connectivity index (χ3n) is 8.24. The second kappa shape index (κ2) is 20.1. The number of aromatic nitrogens is 1. The Bertz CT molecular complexity index is 1440. The Morgan fingerprint density at radius 2 is 1.46 bits per heavy atom. The Kier molecular flexibility index (Phi) is 16.7. The van der Waals surface area contributed by atoms with Gasteiger partial charge in [-0.3, -0.25) is 24.0 Å². The van der Waals surface area contributed by atoms with Crippen LogP contribution in [0.4, 0.5) is 8.78 Å². The average Bonchev–Trinajstić information content (AvgIpc) is 3.04. The molecule has 0 saturated carbocycles. The van der Waals surface area contributed by atoms with Crippen molar-refractivity contribution < 1.29 is 42.6 Å². The number of hydrogen-bond acceptors (Lipinski definition) is 7. The lowest BCUT2D eigenvalue weighted by Gasteiger charge is -2.29. The number of aliphatic hydroxyl groups excluding tert-OH is 1. The van der Waals surface area contributed by atoms with Gasteiger partial charge >= 0.3 is 0 Å². The van der Waals surface area contributed by atoms with E-state index in [0.717, 1.165) is 24.5 Å². The van der Waals surface area contributed by atoms with Crippen molar-refractivity contribution in [2.45, 2.75) is 104 Å². The van der Waals surface area contributed by atoms with E-state index in [0.29, 0.717) is 30.2 Å². The molecule has 0 aliphatic rings. The fourth-order valence-corrected chi connectivity index (χ4v) is 5.24. The number of benzene rings is 1. The van der Waals surface area contributed by atoms with E-state index in [2.05, 4.69) is 26.6 Å². The summed E-state index contributed by atoms with van der Waals surface area (Å²) < 4.78 is 28.7. The molecular weight excluding hydrogens is 654 g/mol. The molecule has 6 atom stereocenters. The first-order valence-corrected chi connectivity index (χ1v) is 16.9. The molecule has 6 N–H and O–H groups in total. The van der Waals surface area contributed by atoms with E-state index in [1.54, 1.807) is 34.6 Å². The molecule has 0 bridgehead atoms. The molecule has 0 radical (unpaired) electrons. The molecule has 0 fully saturated rings. The van der Waals surface area contributed by atoms with Crippen molar-refractivity contribution in [1.82, 2.24) is 26.6 Å². The van der Waals surface area contributed by atoms with E-state index in [4.69, 9.17) is 0 Å². The summed E-state index contributed by atoms with van der Waals surface area (Å²) in [5, 5.41) is 35.9. The van der Waals surface area contributed by atoms with Gasteiger partial charge in [-0.2, -0.15) is 4.73 Å². The lowest BCUT2D eigenvalue weighted by molar-refractivity contribution is -0.605. The Morgan fingerprint density at radius 1 is 0.840 bits per heavy atom. The van der Waals surface area contributed by atoms with Gasteiger partial charge in [0.25, 0.3) is 5.91 Å². The molecule has 50 heavy (non-hydrogen) atoms. The molecule has 15 heteroatoms. The quantitative estimate of drug-likeness (QED) is 0.0948. The molecule has 2 aromatic rings. The summed E-state index contributed by atoms with van der Waals surface area (Å²) in [5.74, 6) is -5.48. The largest absolute Gasteiger partial charge is 0.619 e. The summed E-state index contributed by atoms with van der Waals surface area (Å²) in [6.45, 7) is 10.9. The number of aliphatic hydroxyl groups is 1. The maximum Gasteiger partial charge on any atom is 0.252 e. The summed E-state index contributed by atoms with van der Waals surface area (Å²) in [7, 11) is 0. The van der Waals surface area contributed by atoms with Gasteiger partial charge in [-0.1, -0.05) is 47.5 Å². The van der Waals surface area contributed by atoms with Crippen LogP contribution in [0.3, 0.4) is 0 Å². The molecule has 1 aromatic heterocycles. The van der Waals surface area contributed by atoms with Crippen molar-refractivity contribution in [2.24, 2.45) is 11.8 Å². The van der Waals surface area contributed by atoms with Gasteiger partial charge in [0, 0.05) is 24.7 Å². The molecule has 0 aliphatic heterocycles. The van der Waals surface area contributed by atoms with Crippen LogP contribution in [0.1, 0.15) is 83.1 Å². The molecular formula is C35H50F2N6O7. The first-order chi connectivity index (χ1) is 23.6. The normalized spacial score (nSPS) is 14.8. The van der Waals surface area contributed by atoms with E-state index in [1.807, 2.05) is 6.92 Å². The van der Waals surface area contributed by atoms with Crippen molar-refractivity contribution in [2.75, 3.05) is 6.54 Å². The number of hydrogen-bond donors (Lipinski definition) is 6. The van der Waals surface area contributed by atoms with Crippen molar-refractivity contribution in [3.63, 3.8) is 0 Å². The van der Waals surface area contributed by atoms with Crippen molar-refractivity contribution in [1.29, 1.82) is 0 Å². The third-order valence-corrected chi connectivity index (χ3v) is 8.24. The Balaban J connectivity index is 2.31. The van der Waals surface area contributed by atoms with Crippen molar-refractivity contribution in [3.8, 4) is 0 Å². The number of rotatable bonds is 19. The fourth-order valence-electron chi connectivity index (χ4n) is 5.24. The van der Waals surface area contributed by atoms with E-state index < -0.39 is 77.9 Å². The van der Waals surface area contributed by atoms with Gasteiger partial charge in [0.15, 0.2) is 12.4 Å². The summed E-state index contributed by atoms with van der Waals surface area (Å²) >= 11 is 0. The summed E-state index contributed by atoms with van der Waals surface area (Å²) in [6.07, 6.45) is 0.968. The van der Waals surface area contributed by atoms with Gasteiger partial charge in [-0.15, -0.1) is 0 Å². The maximum absolute atomic E-state index is 14.1. The van der Waals surface area contributed by atoms with Gasteiger partial charge in [0.1, 0.15) is 29.8 Å². The van der Waals surface area contributed by atoms with E-state index in [1.165, 1.54) is 12.1 Å². The average molecular weight is 705 g/mol. The van der Waals surface area contributed by atoms with Gasteiger partial charge in [0.05, 0.1) is 24.1 Å². The number of nitrogens with zero attached hydrogens (tertiary/aromatic N) is 1. The van der Waals surface area contributed by atoms with Crippen LogP contribution in [-0.4, -0.2) is 71.5 Å². The summed E-state index contributed by atoms with van der Waals surface area (Å²) in [5.41, 5.74) is 0.245. The minimum Gasteiger partial charge on any atom is -0.619 e. The van der Waals surface area contributed by atoms with Crippen molar-refractivity contribution in [3.05, 3.63) is 70.7 Å². The van der Waals surface area contributed by atoms with Crippen LogP contribution in [0.2, 0.25) is 0 Å². The zero-order valence-corrected chi connectivity index (χ0v) is 29.4. The highest BCUT2D eigenvalue weighted by atomic mass is 19.1. The van der Waals surface area contributed by atoms with Crippen LogP contribution in [0.15, 0.2) is 42.7 Å². The minimum absolute atomic E-state index is 0.0914. The topological polar surface area (TPSA) is 193 Å². The molecule has 276 valence electrons. The Morgan fingerprint density at radius 3 is 2.00 bits per heavy atom. The Labute approximate surface area is 291 Å². The predicted octanol–water partition coefficient (Wildman–Crippen LogP) is 1.78. The minimum atomic E-state index is -1.57. The zero-order valence-electron chi connectivity index (χ0n) is 29.4. The highest BCUT2D eigenvalue weighted by Crippen LogP contribution is 2.15. The fraction of sp³-hybridized carbons (Fsp3) is 0.543. The number of halogens is 2. The van der Waals surface area contributed by atoms with Gasteiger partial charge in [-0.05, 0) is 49.3 Å². The second-order valence-corrected chi connectivity index (χ2v) is 12.7. The van der Waals surface area contributed by atoms with Crippen molar-refractivity contribution >= 4 is 29.5 Å². The van der Waals surface area contributed by atoms with Crippen LogP contribution >= 0.6 is 0 Å². The van der Waals surface area contributed by atoms with E-state index in [9.17, 15) is 43.1 Å². The Hall–Kier alpha value is -4.66. The summed E-state index contributed by atoms with van der Waals surface area (Å²) in [6, 6.07) is 1.00. The molecule has 2 rings (SSSR count). The van der Waals surface area contributed by atoms with Crippen LogP contribution in [-0.2, 0) is 25.6 Å². The molecule has 0 unspecified atom stereocenters. The zero-order chi connectivity index (χ0) is 37.5. The second-order valence-electron chi connectivity index (χ2n) is 12.7. The number of amides is 5. The highest BCUT2D eigenvalue weighted by Gasteiger charge is 2.33. The molecule has 1 aromatic carbocycles. The summed E-state index contributed by atoms with van der Waals surface area (Å²) in [4.78, 5) is 65.7. The number of carbonyl (C=O) groups is 5. The first-order valence-electron chi connectivity index (χ1n) is 16.9. The number of carbonyl (C=O) groups excluding carboxylic acids is 5. The van der Waals surface area contributed by atoms with Gasteiger partial charge < -0.3 is 36.9 Å². The van der Waals surface area contributed by atoms with E-state index >= 15 is 0 Å². The lowest BCUT2D eigenvalue weighted by atomic mass is 9.96. The number of nitrogens with one attached hydrogen (secondary N) is 5. The molecule has 1 heterocycles. The van der Waals surface area contributed by atoms with Crippen LogP contribution in [0.5, 0.6) is 0 Å². The molecule has 13 nitrogen and oxygen atoms in total. The maximum atomic E-state index is 14.1. The van der Waals surface area contributed by atoms with E-state index in [-0.39, 0.29) is 35.8 Å². The van der Waals surface area contributed by atoms with Crippen LogP contribution in [0, 0.1) is 28.7 Å². The van der Waals surface area contributed by atoms with Crippen LogP contribution in [0.25, 0.3) is 0 Å². The molecule has 0 aliphatic carbocycles. The predicted molar refractivity (Wildman–Crippen MR) is 181 cm³/mol. The first kappa shape index (κ1) is 41.5. The smallest absolute Gasteiger partial charge is 0.252 e. The number of pyridine rings is 1.